The van der Waals surface area contributed by atoms with Gasteiger partial charge in [0.1, 0.15) is 5.82 Å². The minimum absolute atomic E-state index is 0.339. The molecule has 0 fully saturated rings. The Morgan fingerprint density at radius 2 is 2.00 bits per heavy atom. The van der Waals surface area contributed by atoms with E-state index in [2.05, 4.69) is 21.2 Å². The molecule has 21 heavy (non-hydrogen) atoms. The Labute approximate surface area is 128 Å². The number of aryl methyl sites for hydroxylation is 1. The van der Waals surface area contributed by atoms with Crippen LogP contribution in [0.5, 0.6) is 0 Å². The molecule has 2 rings (SSSR count). The number of hydrogen-bond acceptors (Lipinski definition) is 3. The second-order valence-corrected chi connectivity index (χ2v) is 5.19. The lowest BCUT2D eigenvalue weighted by Gasteiger charge is -2.08. The minimum Gasteiger partial charge on any atom is -0.322 e. The van der Waals surface area contributed by atoms with E-state index in [0.717, 1.165) is 28.2 Å². The van der Waals surface area contributed by atoms with Crippen LogP contribution in [0.3, 0.4) is 0 Å². The lowest BCUT2D eigenvalue weighted by Crippen LogP contribution is -2.14. The minimum atomic E-state index is -0.813. The number of amides is 1. The van der Waals surface area contributed by atoms with Gasteiger partial charge in [0.25, 0.3) is 11.6 Å². The van der Waals surface area contributed by atoms with Crippen molar-refractivity contribution in [2.45, 2.75) is 6.92 Å². The van der Waals surface area contributed by atoms with E-state index in [-0.39, 0.29) is 11.3 Å². The molecule has 7 heteroatoms. The van der Waals surface area contributed by atoms with E-state index in [1.165, 1.54) is 0 Å². The van der Waals surface area contributed by atoms with Crippen LogP contribution in [0.4, 0.5) is 15.8 Å². The van der Waals surface area contributed by atoms with Crippen LogP contribution in [-0.2, 0) is 0 Å². The zero-order valence-corrected chi connectivity index (χ0v) is 12.5. The van der Waals surface area contributed by atoms with Crippen molar-refractivity contribution in [3.05, 3.63) is 67.9 Å². The number of benzene rings is 2. The highest BCUT2D eigenvalue weighted by molar-refractivity contribution is 9.10. The second kappa shape index (κ2) is 6.01. The van der Waals surface area contributed by atoms with Gasteiger partial charge in [0.2, 0.25) is 0 Å². The monoisotopic (exact) mass is 352 g/mol. The average molecular weight is 353 g/mol. The first-order valence-corrected chi connectivity index (χ1v) is 6.69. The predicted octanol–water partition coefficient (Wildman–Crippen LogP) is 4.06. The number of rotatable bonds is 3. The van der Waals surface area contributed by atoms with Gasteiger partial charge < -0.3 is 5.32 Å². The van der Waals surface area contributed by atoms with E-state index in [0.29, 0.717) is 5.69 Å². The molecule has 2 aromatic carbocycles. The number of nitrogens with zero attached hydrogens (tertiary/aromatic N) is 1. The Morgan fingerprint density at radius 3 is 2.62 bits per heavy atom. The van der Waals surface area contributed by atoms with Crippen LogP contribution in [0.25, 0.3) is 0 Å². The zero-order chi connectivity index (χ0) is 15.6. The van der Waals surface area contributed by atoms with Crippen molar-refractivity contribution in [3.63, 3.8) is 0 Å². The molecule has 2 aromatic rings. The number of anilines is 1. The first-order valence-electron chi connectivity index (χ1n) is 5.90. The summed E-state index contributed by atoms with van der Waals surface area (Å²) in [4.78, 5) is 22.0. The summed E-state index contributed by atoms with van der Waals surface area (Å²) in [6.07, 6.45) is 0. The van der Waals surface area contributed by atoms with E-state index >= 15 is 0 Å². The van der Waals surface area contributed by atoms with E-state index in [1.54, 1.807) is 18.2 Å². The van der Waals surface area contributed by atoms with Crippen molar-refractivity contribution in [1.29, 1.82) is 0 Å². The van der Waals surface area contributed by atoms with Crippen LogP contribution in [0.1, 0.15) is 15.9 Å². The third kappa shape index (κ3) is 3.43. The fourth-order valence-corrected chi connectivity index (χ4v) is 1.97. The van der Waals surface area contributed by atoms with Gasteiger partial charge in [0.05, 0.1) is 10.5 Å². The summed E-state index contributed by atoms with van der Waals surface area (Å²) in [6, 6.07) is 7.92. The molecule has 0 radical (unpaired) electrons. The van der Waals surface area contributed by atoms with Crippen molar-refractivity contribution in [3.8, 4) is 0 Å². The Morgan fingerprint density at radius 1 is 1.29 bits per heavy atom. The fourth-order valence-electron chi connectivity index (χ4n) is 1.72. The molecule has 0 heterocycles. The molecule has 0 aliphatic heterocycles. The van der Waals surface area contributed by atoms with Crippen LogP contribution >= 0.6 is 15.9 Å². The summed E-state index contributed by atoms with van der Waals surface area (Å²) < 4.78 is 14.5. The Bertz CT molecular complexity index is 734. The number of nitrogens with one attached hydrogen (secondary N) is 1. The molecule has 1 N–H and O–H groups in total. The Kier molecular flexibility index (Phi) is 4.32. The van der Waals surface area contributed by atoms with Gasteiger partial charge in [-0.3, -0.25) is 14.9 Å². The lowest BCUT2D eigenvalue weighted by atomic mass is 10.1. The molecular formula is C14H10BrFN2O3. The number of hydrogen-bond donors (Lipinski definition) is 1. The van der Waals surface area contributed by atoms with Gasteiger partial charge in [-0.1, -0.05) is 15.9 Å². The summed E-state index contributed by atoms with van der Waals surface area (Å²) in [7, 11) is 0. The topological polar surface area (TPSA) is 72.2 Å². The van der Waals surface area contributed by atoms with Gasteiger partial charge in [0.15, 0.2) is 0 Å². The van der Waals surface area contributed by atoms with E-state index in [1.807, 2.05) is 6.92 Å². The van der Waals surface area contributed by atoms with Crippen LogP contribution in [0.15, 0.2) is 40.9 Å². The predicted molar refractivity (Wildman–Crippen MR) is 79.9 cm³/mol. The van der Waals surface area contributed by atoms with Gasteiger partial charge in [-0.15, -0.1) is 0 Å². The number of non-ortho nitro benzene ring substituents is 1. The second-order valence-electron chi connectivity index (χ2n) is 4.34. The Hall–Kier alpha value is -2.28. The van der Waals surface area contributed by atoms with E-state index in [4.69, 9.17) is 0 Å². The molecule has 0 saturated heterocycles. The largest absolute Gasteiger partial charge is 0.322 e. The summed E-state index contributed by atoms with van der Waals surface area (Å²) in [5.41, 5.74) is 0.664. The summed E-state index contributed by atoms with van der Waals surface area (Å²) in [6.45, 7) is 1.84. The van der Waals surface area contributed by atoms with E-state index < -0.39 is 16.6 Å². The van der Waals surface area contributed by atoms with Crippen molar-refractivity contribution < 1.29 is 14.1 Å². The smallest absolute Gasteiger partial charge is 0.270 e. The maximum atomic E-state index is 13.6. The molecule has 0 aromatic heterocycles. The number of nitro benzene ring substituents is 1. The molecule has 0 atom stereocenters. The number of halogens is 2. The summed E-state index contributed by atoms with van der Waals surface area (Å²) in [5.74, 6) is -1.55. The highest BCUT2D eigenvalue weighted by Crippen LogP contribution is 2.22. The van der Waals surface area contributed by atoms with Gasteiger partial charge in [-0.05, 0) is 36.8 Å². The molecule has 0 unspecified atom stereocenters. The van der Waals surface area contributed by atoms with Crippen molar-refractivity contribution in [2.24, 2.45) is 0 Å². The first-order chi connectivity index (χ1) is 9.88. The number of nitro groups is 1. The maximum Gasteiger partial charge on any atom is 0.270 e. The molecule has 0 aliphatic rings. The van der Waals surface area contributed by atoms with E-state index in [9.17, 15) is 19.3 Å². The quantitative estimate of drug-likeness (QED) is 0.668. The third-order valence-corrected chi connectivity index (χ3v) is 3.71. The van der Waals surface area contributed by atoms with Gasteiger partial charge in [0, 0.05) is 22.3 Å². The van der Waals surface area contributed by atoms with Crippen LogP contribution in [0.2, 0.25) is 0 Å². The molecule has 0 saturated carbocycles. The first kappa shape index (κ1) is 15.1. The van der Waals surface area contributed by atoms with Gasteiger partial charge in [-0.25, -0.2) is 4.39 Å². The summed E-state index contributed by atoms with van der Waals surface area (Å²) in [5, 5.41) is 13.2. The fraction of sp³-hybridized carbons (Fsp3) is 0.0714. The molecule has 1 amide bonds. The number of carbonyl (C=O) groups is 1. The van der Waals surface area contributed by atoms with Crippen molar-refractivity contribution >= 4 is 33.2 Å². The highest BCUT2D eigenvalue weighted by atomic mass is 79.9. The van der Waals surface area contributed by atoms with Gasteiger partial charge in [-0.2, -0.15) is 0 Å². The standard InChI is InChI=1S/C14H10BrFN2O3/c1-8-6-9(2-4-12(8)15)17-14(19)11-7-10(18(20)21)3-5-13(11)16/h2-7H,1H3,(H,17,19). The molecule has 0 bridgehead atoms. The van der Waals surface area contributed by atoms with Crippen LogP contribution in [0, 0.1) is 22.9 Å². The molecule has 0 spiro atoms. The van der Waals surface area contributed by atoms with Crippen molar-refractivity contribution in [1.82, 2.24) is 0 Å². The number of carbonyl (C=O) groups excluding carboxylic acids is 1. The highest BCUT2D eigenvalue weighted by Gasteiger charge is 2.17. The SMILES string of the molecule is Cc1cc(NC(=O)c2cc([N+](=O)[O-])ccc2F)ccc1Br. The molecule has 5 nitrogen and oxygen atoms in total. The third-order valence-electron chi connectivity index (χ3n) is 2.82. The Balaban J connectivity index is 2.29. The molecule has 0 aliphatic carbocycles. The molecule has 108 valence electrons. The lowest BCUT2D eigenvalue weighted by molar-refractivity contribution is -0.384. The molecular weight excluding hydrogens is 343 g/mol. The van der Waals surface area contributed by atoms with Gasteiger partial charge >= 0.3 is 0 Å². The zero-order valence-electron chi connectivity index (χ0n) is 10.9. The average Bonchev–Trinajstić information content (AvgIpc) is 2.43. The van der Waals surface area contributed by atoms with Crippen LogP contribution in [-0.4, -0.2) is 10.8 Å². The van der Waals surface area contributed by atoms with Crippen LogP contribution < -0.4 is 5.32 Å². The summed E-state index contributed by atoms with van der Waals surface area (Å²) >= 11 is 3.33. The maximum absolute atomic E-state index is 13.6. The van der Waals surface area contributed by atoms with Crippen molar-refractivity contribution in [2.75, 3.05) is 5.32 Å². The normalized spacial score (nSPS) is 10.2.